The summed E-state index contributed by atoms with van der Waals surface area (Å²) in [5.74, 6) is 0. The highest BCUT2D eigenvalue weighted by Gasteiger charge is 2.17. The maximum absolute atomic E-state index is 6.15. The molecule has 0 amide bonds. The standard InChI is InChI=1S/C14H21ClN2/c1-11-3-4-12(9-14(11)15)10-17(2)13-5-7-16-8-6-13/h3-4,9,13,16H,5-8,10H2,1-2H3. The van der Waals surface area contributed by atoms with Crippen molar-refractivity contribution < 1.29 is 0 Å². The molecule has 0 aliphatic carbocycles. The van der Waals surface area contributed by atoms with Gasteiger partial charge in [-0.25, -0.2) is 0 Å². The van der Waals surface area contributed by atoms with E-state index in [-0.39, 0.29) is 0 Å². The van der Waals surface area contributed by atoms with E-state index in [0.29, 0.717) is 6.04 Å². The van der Waals surface area contributed by atoms with Gasteiger partial charge in [-0.2, -0.15) is 0 Å². The zero-order chi connectivity index (χ0) is 12.3. The highest BCUT2D eigenvalue weighted by atomic mass is 35.5. The van der Waals surface area contributed by atoms with Gasteiger partial charge in [0.25, 0.3) is 0 Å². The molecule has 17 heavy (non-hydrogen) atoms. The molecule has 1 N–H and O–H groups in total. The maximum atomic E-state index is 6.15. The molecule has 0 unspecified atom stereocenters. The van der Waals surface area contributed by atoms with Gasteiger partial charge in [-0.3, -0.25) is 4.90 Å². The van der Waals surface area contributed by atoms with E-state index in [2.05, 4.69) is 35.5 Å². The molecule has 0 spiro atoms. The van der Waals surface area contributed by atoms with Crippen molar-refractivity contribution in [2.75, 3.05) is 20.1 Å². The molecule has 94 valence electrons. The van der Waals surface area contributed by atoms with Gasteiger partial charge in [0.1, 0.15) is 0 Å². The lowest BCUT2D eigenvalue weighted by Gasteiger charge is -2.31. The van der Waals surface area contributed by atoms with Crippen molar-refractivity contribution in [3.8, 4) is 0 Å². The minimum absolute atomic E-state index is 0.705. The van der Waals surface area contributed by atoms with E-state index in [1.165, 1.54) is 18.4 Å². The normalized spacial score (nSPS) is 17.6. The molecule has 2 rings (SSSR count). The summed E-state index contributed by atoms with van der Waals surface area (Å²) in [5.41, 5.74) is 2.46. The second-order valence-corrected chi connectivity index (χ2v) is 5.39. The van der Waals surface area contributed by atoms with E-state index in [0.717, 1.165) is 30.2 Å². The lowest BCUT2D eigenvalue weighted by atomic mass is 10.0. The van der Waals surface area contributed by atoms with Crippen molar-refractivity contribution in [3.63, 3.8) is 0 Å². The summed E-state index contributed by atoms with van der Waals surface area (Å²) in [6.45, 7) is 5.32. The highest BCUT2D eigenvalue weighted by Crippen LogP contribution is 2.19. The topological polar surface area (TPSA) is 15.3 Å². The number of nitrogens with zero attached hydrogens (tertiary/aromatic N) is 1. The molecule has 3 heteroatoms. The Morgan fingerprint density at radius 2 is 2.06 bits per heavy atom. The molecule has 1 saturated heterocycles. The van der Waals surface area contributed by atoms with Gasteiger partial charge in [-0.15, -0.1) is 0 Å². The number of hydrogen-bond donors (Lipinski definition) is 1. The van der Waals surface area contributed by atoms with Gasteiger partial charge in [0, 0.05) is 17.6 Å². The smallest absolute Gasteiger partial charge is 0.0438 e. The van der Waals surface area contributed by atoms with Gasteiger partial charge in [0.2, 0.25) is 0 Å². The van der Waals surface area contributed by atoms with Crippen LogP contribution in [0.4, 0.5) is 0 Å². The molecule has 0 atom stereocenters. The fourth-order valence-electron chi connectivity index (χ4n) is 2.40. The van der Waals surface area contributed by atoms with E-state index in [9.17, 15) is 0 Å². The summed E-state index contributed by atoms with van der Waals surface area (Å²) in [5, 5.41) is 4.28. The molecule has 0 bridgehead atoms. The molecule has 2 nitrogen and oxygen atoms in total. The van der Waals surface area contributed by atoms with Gasteiger partial charge >= 0.3 is 0 Å². The molecule has 0 aromatic heterocycles. The Kier molecular flexibility index (Phi) is 4.43. The SMILES string of the molecule is Cc1ccc(CN(C)C2CCNCC2)cc1Cl. The zero-order valence-corrected chi connectivity index (χ0v) is 11.4. The second-order valence-electron chi connectivity index (χ2n) is 4.98. The summed E-state index contributed by atoms with van der Waals surface area (Å²) in [7, 11) is 2.21. The Hall–Kier alpha value is -0.570. The van der Waals surface area contributed by atoms with Crippen molar-refractivity contribution in [2.45, 2.75) is 32.4 Å². The summed E-state index contributed by atoms with van der Waals surface area (Å²) < 4.78 is 0. The number of aryl methyl sites for hydroxylation is 1. The van der Waals surface area contributed by atoms with E-state index in [1.54, 1.807) is 0 Å². The third-order valence-corrected chi connectivity index (χ3v) is 4.01. The van der Waals surface area contributed by atoms with E-state index >= 15 is 0 Å². The van der Waals surface area contributed by atoms with Crippen LogP contribution >= 0.6 is 11.6 Å². The lowest BCUT2D eigenvalue weighted by molar-refractivity contribution is 0.192. The molecule has 1 aliphatic rings. The highest BCUT2D eigenvalue weighted by molar-refractivity contribution is 6.31. The number of rotatable bonds is 3. The van der Waals surface area contributed by atoms with Crippen LogP contribution in [0.2, 0.25) is 5.02 Å². The van der Waals surface area contributed by atoms with Crippen LogP contribution in [0.25, 0.3) is 0 Å². The average molecular weight is 253 g/mol. The van der Waals surface area contributed by atoms with Crippen LogP contribution in [0.3, 0.4) is 0 Å². The predicted octanol–water partition coefficient (Wildman–Crippen LogP) is 2.83. The Balaban J connectivity index is 1.96. The van der Waals surface area contributed by atoms with Crippen molar-refractivity contribution in [1.82, 2.24) is 10.2 Å². The quantitative estimate of drug-likeness (QED) is 0.890. The zero-order valence-electron chi connectivity index (χ0n) is 10.7. The summed E-state index contributed by atoms with van der Waals surface area (Å²) in [4.78, 5) is 2.45. The minimum atomic E-state index is 0.705. The van der Waals surface area contributed by atoms with Crippen molar-refractivity contribution in [1.29, 1.82) is 0 Å². The van der Waals surface area contributed by atoms with Crippen LogP contribution < -0.4 is 5.32 Å². The summed E-state index contributed by atoms with van der Waals surface area (Å²) >= 11 is 6.15. The van der Waals surface area contributed by atoms with Crippen LogP contribution in [0.15, 0.2) is 18.2 Å². The fraction of sp³-hybridized carbons (Fsp3) is 0.571. The number of hydrogen-bond acceptors (Lipinski definition) is 2. The van der Waals surface area contributed by atoms with Crippen LogP contribution in [0.5, 0.6) is 0 Å². The lowest BCUT2D eigenvalue weighted by Crippen LogP contribution is -2.40. The van der Waals surface area contributed by atoms with E-state index in [1.807, 2.05) is 6.92 Å². The largest absolute Gasteiger partial charge is 0.317 e. The average Bonchev–Trinajstić information content (AvgIpc) is 2.35. The first-order valence-corrected chi connectivity index (χ1v) is 6.70. The van der Waals surface area contributed by atoms with E-state index < -0.39 is 0 Å². The first-order chi connectivity index (χ1) is 8.16. The van der Waals surface area contributed by atoms with Crippen molar-refractivity contribution in [2.24, 2.45) is 0 Å². The van der Waals surface area contributed by atoms with E-state index in [4.69, 9.17) is 11.6 Å². The summed E-state index contributed by atoms with van der Waals surface area (Å²) in [6.07, 6.45) is 2.49. The van der Waals surface area contributed by atoms with Gasteiger partial charge < -0.3 is 5.32 Å². The van der Waals surface area contributed by atoms with Gasteiger partial charge in [0.15, 0.2) is 0 Å². The monoisotopic (exact) mass is 252 g/mol. The van der Waals surface area contributed by atoms with Crippen LogP contribution in [-0.2, 0) is 6.54 Å². The van der Waals surface area contributed by atoms with Gasteiger partial charge in [-0.05, 0) is 57.1 Å². The molecular formula is C14H21ClN2. The Labute approximate surface area is 109 Å². The van der Waals surface area contributed by atoms with Gasteiger partial charge in [0.05, 0.1) is 0 Å². The van der Waals surface area contributed by atoms with Crippen molar-refractivity contribution in [3.05, 3.63) is 34.3 Å². The van der Waals surface area contributed by atoms with Gasteiger partial charge in [-0.1, -0.05) is 23.7 Å². The Bertz CT molecular complexity index is 372. The maximum Gasteiger partial charge on any atom is 0.0438 e. The second kappa shape index (κ2) is 5.85. The number of piperidine rings is 1. The molecule has 1 aromatic carbocycles. The van der Waals surface area contributed by atoms with Crippen molar-refractivity contribution >= 4 is 11.6 Å². The number of halogens is 1. The first-order valence-electron chi connectivity index (χ1n) is 6.33. The van der Waals surface area contributed by atoms with Crippen LogP contribution in [-0.4, -0.2) is 31.1 Å². The number of benzene rings is 1. The molecule has 1 aromatic rings. The first kappa shape index (κ1) is 12.9. The Morgan fingerprint density at radius 3 is 2.71 bits per heavy atom. The van der Waals surface area contributed by atoms with Crippen LogP contribution in [0, 0.1) is 6.92 Å². The third kappa shape index (κ3) is 3.44. The molecule has 1 fully saturated rings. The molecule has 1 aliphatic heterocycles. The minimum Gasteiger partial charge on any atom is -0.317 e. The molecular weight excluding hydrogens is 232 g/mol. The number of nitrogens with one attached hydrogen (secondary N) is 1. The third-order valence-electron chi connectivity index (χ3n) is 3.60. The Morgan fingerprint density at radius 1 is 1.35 bits per heavy atom. The predicted molar refractivity (Wildman–Crippen MR) is 73.5 cm³/mol. The molecule has 1 heterocycles. The van der Waals surface area contributed by atoms with Crippen LogP contribution in [0.1, 0.15) is 24.0 Å². The summed E-state index contributed by atoms with van der Waals surface area (Å²) in [6, 6.07) is 7.08. The molecule has 0 radical (unpaired) electrons. The fourth-order valence-corrected chi connectivity index (χ4v) is 2.60. The molecule has 0 saturated carbocycles.